The van der Waals surface area contributed by atoms with Gasteiger partial charge >= 0.3 is 0 Å². The fourth-order valence-corrected chi connectivity index (χ4v) is 2.88. The number of rotatable bonds is 3. The molecule has 20 heavy (non-hydrogen) atoms. The van der Waals surface area contributed by atoms with Crippen LogP contribution in [-0.4, -0.2) is 8.42 Å². The van der Waals surface area contributed by atoms with Crippen LogP contribution in [0, 0.1) is 17.1 Å². The summed E-state index contributed by atoms with van der Waals surface area (Å²) in [6.07, 6.45) is 0. The minimum absolute atomic E-state index is 0.0367. The summed E-state index contributed by atoms with van der Waals surface area (Å²) in [5.74, 6) is -0.553. The molecule has 0 saturated heterocycles. The Kier molecular flexibility index (Phi) is 3.93. The van der Waals surface area contributed by atoms with Gasteiger partial charge in [0.05, 0.1) is 21.2 Å². The van der Waals surface area contributed by atoms with Crippen molar-refractivity contribution < 1.29 is 12.8 Å². The van der Waals surface area contributed by atoms with Crippen molar-refractivity contribution in [3.05, 3.63) is 58.9 Å². The molecule has 7 heteroatoms. The number of halogens is 2. The average molecular weight is 311 g/mol. The molecule has 0 amide bonds. The summed E-state index contributed by atoms with van der Waals surface area (Å²) in [5, 5.41) is 8.77. The van der Waals surface area contributed by atoms with Gasteiger partial charge in [-0.15, -0.1) is 0 Å². The number of nitrogens with one attached hydrogen (secondary N) is 1. The SMILES string of the molecule is N#Cc1ccc(S(=O)(=O)Nc2cccc(F)c2)cc1Cl. The normalized spacial score (nSPS) is 10.8. The lowest BCUT2D eigenvalue weighted by molar-refractivity contribution is 0.601. The molecule has 0 saturated carbocycles. The molecule has 4 nitrogen and oxygen atoms in total. The van der Waals surface area contributed by atoms with Crippen LogP contribution in [0.2, 0.25) is 5.02 Å². The van der Waals surface area contributed by atoms with Crippen LogP contribution in [0.5, 0.6) is 0 Å². The van der Waals surface area contributed by atoms with E-state index in [-0.39, 0.29) is 21.2 Å². The highest BCUT2D eigenvalue weighted by Crippen LogP contribution is 2.22. The molecule has 2 aromatic rings. The molecule has 0 atom stereocenters. The third-order valence-electron chi connectivity index (χ3n) is 2.45. The number of benzene rings is 2. The Morgan fingerprint density at radius 1 is 1.20 bits per heavy atom. The molecule has 0 aliphatic heterocycles. The average Bonchev–Trinajstić information content (AvgIpc) is 2.38. The lowest BCUT2D eigenvalue weighted by Gasteiger charge is -2.08. The zero-order valence-electron chi connectivity index (χ0n) is 9.97. The molecule has 0 heterocycles. The summed E-state index contributed by atoms with van der Waals surface area (Å²) >= 11 is 5.79. The van der Waals surface area contributed by atoms with E-state index in [1.807, 2.05) is 6.07 Å². The van der Waals surface area contributed by atoms with Crippen molar-refractivity contribution in [2.75, 3.05) is 4.72 Å². The largest absolute Gasteiger partial charge is 0.280 e. The Hall–Kier alpha value is -2.10. The fourth-order valence-electron chi connectivity index (χ4n) is 1.52. The first kappa shape index (κ1) is 14.3. The maximum atomic E-state index is 13.0. The Morgan fingerprint density at radius 2 is 1.95 bits per heavy atom. The minimum Gasteiger partial charge on any atom is -0.280 e. The second-order valence-electron chi connectivity index (χ2n) is 3.87. The van der Waals surface area contributed by atoms with E-state index in [4.69, 9.17) is 16.9 Å². The lowest BCUT2D eigenvalue weighted by atomic mass is 10.2. The van der Waals surface area contributed by atoms with Crippen LogP contribution in [0.3, 0.4) is 0 Å². The number of hydrogen-bond acceptors (Lipinski definition) is 3. The molecular formula is C13H8ClFN2O2S. The number of sulfonamides is 1. The highest BCUT2D eigenvalue weighted by atomic mass is 35.5. The summed E-state index contributed by atoms with van der Waals surface area (Å²) in [5.41, 5.74) is 0.279. The Bertz CT molecular complexity index is 800. The third-order valence-corrected chi connectivity index (χ3v) is 4.14. The van der Waals surface area contributed by atoms with Crippen molar-refractivity contribution in [2.24, 2.45) is 0 Å². The molecule has 0 spiro atoms. The molecule has 0 unspecified atom stereocenters. The molecule has 1 N–H and O–H groups in total. The van der Waals surface area contributed by atoms with Gasteiger partial charge in [-0.3, -0.25) is 4.72 Å². The number of hydrogen-bond donors (Lipinski definition) is 1. The van der Waals surface area contributed by atoms with Crippen molar-refractivity contribution in [2.45, 2.75) is 4.90 Å². The highest BCUT2D eigenvalue weighted by molar-refractivity contribution is 7.92. The predicted molar refractivity (Wildman–Crippen MR) is 73.4 cm³/mol. The monoisotopic (exact) mass is 310 g/mol. The Morgan fingerprint density at radius 3 is 2.55 bits per heavy atom. The number of nitriles is 1. The van der Waals surface area contributed by atoms with Crippen LogP contribution < -0.4 is 4.72 Å². The van der Waals surface area contributed by atoms with E-state index in [1.54, 1.807) is 0 Å². The molecule has 0 aliphatic rings. The second-order valence-corrected chi connectivity index (χ2v) is 5.96. The summed E-state index contributed by atoms with van der Waals surface area (Å²) in [4.78, 5) is -0.106. The first-order chi connectivity index (χ1) is 9.42. The summed E-state index contributed by atoms with van der Waals surface area (Å²) < 4.78 is 39.4. The molecule has 0 bridgehead atoms. The van der Waals surface area contributed by atoms with E-state index >= 15 is 0 Å². The van der Waals surface area contributed by atoms with Crippen molar-refractivity contribution in [3.8, 4) is 6.07 Å². The van der Waals surface area contributed by atoms with Gasteiger partial charge < -0.3 is 0 Å². The predicted octanol–water partition coefficient (Wildman–Crippen LogP) is 3.15. The number of nitrogens with zero attached hydrogens (tertiary/aromatic N) is 1. The van der Waals surface area contributed by atoms with Gasteiger partial charge in [-0.25, -0.2) is 12.8 Å². The van der Waals surface area contributed by atoms with Gasteiger partial charge in [0.2, 0.25) is 0 Å². The zero-order valence-corrected chi connectivity index (χ0v) is 11.5. The van der Waals surface area contributed by atoms with Crippen molar-refractivity contribution >= 4 is 27.3 Å². The first-order valence-electron chi connectivity index (χ1n) is 5.40. The van der Waals surface area contributed by atoms with E-state index in [9.17, 15) is 12.8 Å². The van der Waals surface area contributed by atoms with E-state index < -0.39 is 15.8 Å². The van der Waals surface area contributed by atoms with Gasteiger partial charge in [-0.05, 0) is 36.4 Å². The molecule has 0 aliphatic carbocycles. The standard InChI is InChI=1S/C13H8ClFN2O2S/c14-13-7-12(5-4-9(13)8-16)20(18,19)17-11-3-1-2-10(15)6-11/h1-7,17H. The van der Waals surface area contributed by atoms with Gasteiger partial charge in [0.25, 0.3) is 10.0 Å². The fraction of sp³-hybridized carbons (Fsp3) is 0. The van der Waals surface area contributed by atoms with Crippen molar-refractivity contribution in [1.82, 2.24) is 0 Å². The van der Waals surface area contributed by atoms with Gasteiger partial charge in [0.15, 0.2) is 0 Å². The van der Waals surface area contributed by atoms with Gasteiger partial charge in [-0.2, -0.15) is 5.26 Å². The molecule has 2 aromatic carbocycles. The first-order valence-corrected chi connectivity index (χ1v) is 7.26. The van der Waals surface area contributed by atoms with E-state index in [0.717, 1.165) is 6.07 Å². The van der Waals surface area contributed by atoms with Crippen LogP contribution in [-0.2, 0) is 10.0 Å². The van der Waals surface area contributed by atoms with Crippen LogP contribution in [0.1, 0.15) is 5.56 Å². The topological polar surface area (TPSA) is 70.0 Å². The maximum Gasteiger partial charge on any atom is 0.261 e. The van der Waals surface area contributed by atoms with E-state index in [0.29, 0.717) is 0 Å². The Labute approximate surface area is 120 Å². The maximum absolute atomic E-state index is 13.0. The summed E-state index contributed by atoms with van der Waals surface area (Å²) in [6.45, 7) is 0. The van der Waals surface area contributed by atoms with Gasteiger partial charge in [-0.1, -0.05) is 17.7 Å². The molecule has 0 aromatic heterocycles. The minimum atomic E-state index is -3.89. The molecule has 2 rings (SSSR count). The van der Waals surface area contributed by atoms with E-state index in [2.05, 4.69) is 4.72 Å². The smallest absolute Gasteiger partial charge is 0.261 e. The quantitative estimate of drug-likeness (QED) is 0.946. The molecular weight excluding hydrogens is 303 g/mol. The molecule has 0 fully saturated rings. The van der Waals surface area contributed by atoms with Gasteiger partial charge in [0, 0.05) is 0 Å². The second kappa shape index (κ2) is 5.49. The van der Waals surface area contributed by atoms with E-state index in [1.165, 1.54) is 36.4 Å². The van der Waals surface area contributed by atoms with Gasteiger partial charge in [0.1, 0.15) is 11.9 Å². The Balaban J connectivity index is 2.36. The van der Waals surface area contributed by atoms with Crippen LogP contribution in [0.25, 0.3) is 0 Å². The van der Waals surface area contributed by atoms with Crippen LogP contribution >= 0.6 is 11.6 Å². The summed E-state index contributed by atoms with van der Waals surface area (Å²) in [6, 6.07) is 10.6. The van der Waals surface area contributed by atoms with Crippen molar-refractivity contribution in [3.63, 3.8) is 0 Å². The van der Waals surface area contributed by atoms with Crippen LogP contribution in [0.15, 0.2) is 47.4 Å². The summed E-state index contributed by atoms with van der Waals surface area (Å²) in [7, 11) is -3.89. The number of anilines is 1. The van der Waals surface area contributed by atoms with Crippen molar-refractivity contribution in [1.29, 1.82) is 5.26 Å². The zero-order chi connectivity index (χ0) is 14.8. The highest BCUT2D eigenvalue weighted by Gasteiger charge is 2.16. The van der Waals surface area contributed by atoms with Crippen LogP contribution in [0.4, 0.5) is 10.1 Å². The molecule has 102 valence electrons. The lowest BCUT2D eigenvalue weighted by Crippen LogP contribution is -2.13. The third kappa shape index (κ3) is 3.07. The molecule has 0 radical (unpaired) electrons.